The van der Waals surface area contributed by atoms with E-state index in [-0.39, 0.29) is 21.7 Å². The Hall–Kier alpha value is -5.08. The topological polar surface area (TPSA) is 6.48 Å². The average molecular weight is 649 g/mol. The van der Waals surface area contributed by atoms with E-state index in [2.05, 4.69) is 187 Å². The van der Waals surface area contributed by atoms with Gasteiger partial charge in [0, 0.05) is 38.7 Å². The number of fused-ring (bicyclic) bond motifs is 3. The van der Waals surface area contributed by atoms with Gasteiger partial charge in [0.1, 0.15) is 0 Å². The van der Waals surface area contributed by atoms with Crippen molar-refractivity contribution in [2.45, 2.75) is 77.0 Å². The molecule has 0 N–H and O–H groups in total. The Morgan fingerprint density at radius 3 is 1.34 bits per heavy atom. The molecule has 3 aliphatic heterocycles. The highest BCUT2D eigenvalue weighted by molar-refractivity contribution is 5.99. The second-order valence-corrected chi connectivity index (χ2v) is 17.1. The molecule has 4 aliphatic rings. The first-order chi connectivity index (χ1) is 23.8. The Morgan fingerprint density at radius 2 is 0.760 bits per heavy atom. The van der Waals surface area contributed by atoms with E-state index in [4.69, 9.17) is 0 Å². The molecule has 50 heavy (non-hydrogen) atoms. The molecule has 246 valence electrons. The number of rotatable bonds is 3. The second-order valence-electron chi connectivity index (χ2n) is 17.1. The summed E-state index contributed by atoms with van der Waals surface area (Å²) in [5.41, 5.74) is 21.0. The van der Waals surface area contributed by atoms with Crippen molar-refractivity contribution in [2.75, 3.05) is 9.80 Å². The van der Waals surface area contributed by atoms with Gasteiger partial charge in [0.15, 0.2) is 0 Å². The summed E-state index contributed by atoms with van der Waals surface area (Å²) in [5, 5.41) is 0. The molecule has 3 heterocycles. The van der Waals surface area contributed by atoms with Crippen molar-refractivity contribution in [1.29, 1.82) is 0 Å². The summed E-state index contributed by atoms with van der Waals surface area (Å²) < 4.78 is 0. The highest BCUT2D eigenvalue weighted by Gasteiger charge is 2.52. The normalized spacial score (nSPS) is 18.2. The molecule has 6 aromatic carbocycles. The minimum Gasteiger partial charge on any atom is -0.310 e. The Balaban J connectivity index is 1.27. The molecule has 6 aromatic rings. The summed E-state index contributed by atoms with van der Waals surface area (Å²) in [6.45, 7) is 19.3. The maximum absolute atomic E-state index is 2.66. The van der Waals surface area contributed by atoms with Crippen LogP contribution >= 0.6 is 0 Å². The molecule has 1 aliphatic carbocycles. The lowest BCUT2D eigenvalue weighted by Crippen LogP contribution is -2.43. The third-order valence-corrected chi connectivity index (χ3v) is 13.0. The largest absolute Gasteiger partial charge is 0.310 e. The number of nitrogens with zero attached hydrogens (tertiary/aromatic N) is 2. The molecule has 0 atom stereocenters. The van der Waals surface area contributed by atoms with E-state index in [9.17, 15) is 0 Å². The van der Waals surface area contributed by atoms with Gasteiger partial charge in [-0.05, 0) is 92.0 Å². The second kappa shape index (κ2) is 9.37. The zero-order chi connectivity index (χ0) is 34.5. The van der Waals surface area contributed by atoms with Crippen LogP contribution in [0, 0.1) is 0 Å². The smallest absolute Gasteiger partial charge is 0.0545 e. The summed E-state index contributed by atoms with van der Waals surface area (Å²) in [6.07, 6.45) is 0. The zero-order valence-electron chi connectivity index (χ0n) is 30.4. The van der Waals surface area contributed by atoms with Crippen LogP contribution in [0.1, 0.15) is 99.9 Å². The molecule has 0 fully saturated rings. The van der Waals surface area contributed by atoms with Gasteiger partial charge < -0.3 is 9.80 Å². The molecule has 0 amide bonds. The molecule has 0 saturated carbocycles. The molecular formula is C48H44N2. The molecular weight excluding hydrogens is 605 g/mol. The Morgan fingerprint density at radius 1 is 0.340 bits per heavy atom. The van der Waals surface area contributed by atoms with Crippen molar-refractivity contribution in [2.24, 2.45) is 0 Å². The van der Waals surface area contributed by atoms with Gasteiger partial charge in [-0.25, -0.2) is 0 Å². The quantitative estimate of drug-likeness (QED) is 0.188. The van der Waals surface area contributed by atoms with Gasteiger partial charge in [0.05, 0.1) is 17.1 Å². The molecule has 10 rings (SSSR count). The lowest BCUT2D eigenvalue weighted by molar-refractivity contribution is 0.566. The zero-order valence-corrected chi connectivity index (χ0v) is 30.4. The lowest BCUT2D eigenvalue weighted by atomic mass is 9.61. The van der Waals surface area contributed by atoms with Crippen LogP contribution in [0.15, 0.2) is 121 Å². The van der Waals surface area contributed by atoms with Crippen molar-refractivity contribution in [3.05, 3.63) is 166 Å². The lowest BCUT2D eigenvalue weighted by Gasteiger charge is -2.55. The standard InChI is InChI=1S/C48H44N2/c1-45(2)34-19-13-12-18-32(34)33-25-24-30(26-39(33)45)49(29-16-10-9-11-17-29)31-27-40-44-41(28-31)48(7,8)38-23-15-21-36-43(38)50(44)42-35(46(36,3)4)20-14-22-37(42)47(40,5)6/h9-28H,1-8H3. The van der Waals surface area contributed by atoms with E-state index in [1.165, 1.54) is 89.8 Å². The van der Waals surface area contributed by atoms with E-state index in [0.717, 1.165) is 0 Å². The molecule has 2 nitrogen and oxygen atoms in total. The number of hydrogen-bond acceptors (Lipinski definition) is 2. The van der Waals surface area contributed by atoms with Gasteiger partial charge in [-0.1, -0.05) is 140 Å². The Bertz CT molecular complexity index is 2350. The fourth-order valence-electron chi connectivity index (χ4n) is 10.2. The van der Waals surface area contributed by atoms with Crippen molar-refractivity contribution < 1.29 is 0 Å². The van der Waals surface area contributed by atoms with Gasteiger partial charge in [0.25, 0.3) is 0 Å². The monoisotopic (exact) mass is 648 g/mol. The number of anilines is 6. The fraction of sp³-hybridized carbons (Fsp3) is 0.250. The number of hydrogen-bond donors (Lipinski definition) is 0. The summed E-state index contributed by atoms with van der Waals surface area (Å²) in [7, 11) is 0. The summed E-state index contributed by atoms with van der Waals surface area (Å²) in [5.74, 6) is 0. The van der Waals surface area contributed by atoms with Crippen LogP contribution in [-0.2, 0) is 21.7 Å². The van der Waals surface area contributed by atoms with Crippen LogP contribution in [-0.4, -0.2) is 0 Å². The summed E-state index contributed by atoms with van der Waals surface area (Å²) in [6, 6.07) is 46.1. The highest BCUT2D eigenvalue weighted by atomic mass is 15.2. The molecule has 0 saturated heterocycles. The van der Waals surface area contributed by atoms with Gasteiger partial charge in [-0.15, -0.1) is 0 Å². The predicted octanol–water partition coefficient (Wildman–Crippen LogP) is 12.9. The van der Waals surface area contributed by atoms with Gasteiger partial charge >= 0.3 is 0 Å². The summed E-state index contributed by atoms with van der Waals surface area (Å²) in [4.78, 5) is 5.16. The van der Waals surface area contributed by atoms with Crippen LogP contribution in [0.25, 0.3) is 11.1 Å². The van der Waals surface area contributed by atoms with Gasteiger partial charge in [0.2, 0.25) is 0 Å². The van der Waals surface area contributed by atoms with E-state index < -0.39 is 0 Å². The van der Waals surface area contributed by atoms with Crippen molar-refractivity contribution >= 4 is 34.1 Å². The van der Waals surface area contributed by atoms with E-state index in [0.29, 0.717) is 0 Å². The van der Waals surface area contributed by atoms with Gasteiger partial charge in [-0.2, -0.15) is 0 Å². The predicted molar refractivity (Wildman–Crippen MR) is 210 cm³/mol. The molecule has 0 bridgehead atoms. The molecule has 2 heteroatoms. The van der Waals surface area contributed by atoms with Crippen LogP contribution in [0.2, 0.25) is 0 Å². The van der Waals surface area contributed by atoms with E-state index in [1.807, 2.05) is 0 Å². The Kier molecular flexibility index (Phi) is 5.59. The number of benzene rings is 6. The van der Waals surface area contributed by atoms with Gasteiger partial charge in [-0.3, -0.25) is 0 Å². The van der Waals surface area contributed by atoms with Crippen molar-refractivity contribution in [3.63, 3.8) is 0 Å². The van der Waals surface area contributed by atoms with Crippen molar-refractivity contribution in [3.8, 4) is 11.1 Å². The van der Waals surface area contributed by atoms with E-state index in [1.54, 1.807) is 0 Å². The van der Waals surface area contributed by atoms with Crippen LogP contribution in [0.5, 0.6) is 0 Å². The van der Waals surface area contributed by atoms with Crippen molar-refractivity contribution in [1.82, 2.24) is 0 Å². The van der Waals surface area contributed by atoms with Crippen LogP contribution in [0.4, 0.5) is 34.1 Å². The minimum atomic E-state index is -0.207. The molecule has 0 spiro atoms. The first-order valence-electron chi connectivity index (χ1n) is 18.2. The molecule has 0 aromatic heterocycles. The third-order valence-electron chi connectivity index (χ3n) is 13.0. The first kappa shape index (κ1) is 29.8. The SMILES string of the molecule is CC1(C)c2ccccc2-c2ccc(N(c3ccccc3)c3cc4c5c(c3)C(C)(C)c3cccc6c3N5c3c(cccc3C4(C)C)C6(C)C)cc21. The van der Waals surface area contributed by atoms with Crippen LogP contribution < -0.4 is 9.80 Å². The fourth-order valence-corrected chi connectivity index (χ4v) is 10.2. The Labute approximate surface area is 297 Å². The minimum absolute atomic E-state index is 0.0823. The number of para-hydroxylation sites is 3. The maximum Gasteiger partial charge on any atom is 0.0545 e. The van der Waals surface area contributed by atoms with E-state index >= 15 is 0 Å². The first-order valence-corrected chi connectivity index (χ1v) is 18.2. The maximum atomic E-state index is 2.66. The molecule has 0 unspecified atom stereocenters. The summed E-state index contributed by atoms with van der Waals surface area (Å²) >= 11 is 0. The average Bonchev–Trinajstić information content (AvgIpc) is 3.33. The highest BCUT2D eigenvalue weighted by Crippen LogP contribution is 2.66. The van der Waals surface area contributed by atoms with Crippen LogP contribution in [0.3, 0.4) is 0 Å². The molecule has 0 radical (unpaired) electrons. The third kappa shape index (κ3) is 3.49.